The number of isocyanates is 1. The summed E-state index contributed by atoms with van der Waals surface area (Å²) in [5.41, 5.74) is 5.99. The molecule has 0 bridgehead atoms. The lowest BCUT2D eigenvalue weighted by Crippen LogP contribution is -2.42. The second-order valence-electron chi connectivity index (χ2n) is 7.56. The Labute approximate surface area is 160 Å². The van der Waals surface area contributed by atoms with Crippen LogP contribution in [0.5, 0.6) is 0 Å². The molecule has 0 atom stereocenters. The fraction of sp³-hybridized carbons (Fsp3) is 0.500. The Kier molecular flexibility index (Phi) is 9.04. The zero-order valence-electron chi connectivity index (χ0n) is 16.4. The third-order valence-corrected chi connectivity index (χ3v) is 2.89. The summed E-state index contributed by atoms with van der Waals surface area (Å²) in [6.07, 6.45) is 1.48. The van der Waals surface area contributed by atoms with Crippen molar-refractivity contribution in [2.75, 3.05) is 11.9 Å². The van der Waals surface area contributed by atoms with Gasteiger partial charge in [0.25, 0.3) is 0 Å². The topological polar surface area (TPSA) is 100 Å². The Bertz CT molecular complexity index is 666. The van der Waals surface area contributed by atoms with Gasteiger partial charge in [0.1, 0.15) is 0 Å². The van der Waals surface area contributed by atoms with Crippen molar-refractivity contribution in [3.8, 4) is 0 Å². The third kappa shape index (κ3) is 11.2. The summed E-state index contributed by atoms with van der Waals surface area (Å²) in [6.45, 7) is 11.2. The molecule has 0 fully saturated rings. The van der Waals surface area contributed by atoms with Crippen LogP contribution in [0.1, 0.15) is 41.5 Å². The first-order chi connectivity index (χ1) is 11.7. The van der Waals surface area contributed by atoms with Crippen molar-refractivity contribution in [3.63, 3.8) is 0 Å². The molecule has 0 aromatic heterocycles. The van der Waals surface area contributed by atoms with Crippen LogP contribution in [0.15, 0.2) is 34.3 Å². The Morgan fingerprint density at radius 2 is 1.65 bits per heavy atom. The van der Waals surface area contributed by atoms with Gasteiger partial charge < -0.3 is 16.0 Å². The first-order valence-corrected chi connectivity index (χ1v) is 8.37. The second kappa shape index (κ2) is 9.94. The van der Waals surface area contributed by atoms with Gasteiger partial charge in [0.15, 0.2) is 0 Å². The molecule has 0 saturated carbocycles. The first-order valence-electron chi connectivity index (χ1n) is 8.00. The van der Waals surface area contributed by atoms with Crippen LogP contribution in [0.2, 0.25) is 5.02 Å². The van der Waals surface area contributed by atoms with E-state index in [0.717, 1.165) is 5.69 Å². The molecule has 0 radical (unpaired) electrons. The van der Waals surface area contributed by atoms with Gasteiger partial charge in [0.05, 0.1) is 5.54 Å². The number of nitrogens with zero attached hydrogens (tertiary/aromatic N) is 3. The standard InChI is InChI=1S/C13H19ClN4O.C5H9NO/c1-13(2,3)17-12(19)16-11(15)18(4)10-7-5-9(14)6-8-10;1-5(2,3)6-4-7/h5-8H,1-4H3,(H3,15,16,17,19);1-3H3. The van der Waals surface area contributed by atoms with Gasteiger partial charge in [0.2, 0.25) is 12.0 Å². The highest BCUT2D eigenvalue weighted by molar-refractivity contribution is 6.30. The highest BCUT2D eigenvalue weighted by atomic mass is 35.5. The number of carbonyl (C=O) groups excluding carboxylic acids is 2. The minimum Gasteiger partial charge on any atom is -0.369 e. The number of urea groups is 1. The van der Waals surface area contributed by atoms with E-state index in [1.54, 1.807) is 36.2 Å². The van der Waals surface area contributed by atoms with E-state index in [1.807, 2.05) is 41.5 Å². The molecule has 0 aliphatic carbocycles. The number of hydrogen-bond donors (Lipinski definition) is 2. The molecule has 1 aromatic rings. The summed E-state index contributed by atoms with van der Waals surface area (Å²) in [7, 11) is 1.73. The fourth-order valence-electron chi connectivity index (χ4n) is 1.46. The molecule has 8 heteroatoms. The molecule has 2 amide bonds. The van der Waals surface area contributed by atoms with E-state index in [9.17, 15) is 9.59 Å². The molecule has 1 rings (SSSR count). The number of rotatable bonds is 1. The molecule has 3 N–H and O–H groups in total. The van der Waals surface area contributed by atoms with Crippen LogP contribution in [0.4, 0.5) is 10.5 Å². The van der Waals surface area contributed by atoms with E-state index < -0.39 is 6.03 Å². The average molecular weight is 382 g/mol. The van der Waals surface area contributed by atoms with E-state index >= 15 is 0 Å². The molecule has 1 aromatic carbocycles. The molecular weight excluding hydrogens is 354 g/mol. The summed E-state index contributed by atoms with van der Waals surface area (Å²) < 4.78 is 0. The lowest BCUT2D eigenvalue weighted by molar-refractivity contribution is 0.241. The maximum absolute atomic E-state index is 11.6. The number of aliphatic imine (C=N–C) groups is 2. The number of guanidine groups is 1. The number of halogens is 1. The lowest BCUT2D eigenvalue weighted by Gasteiger charge is -2.21. The van der Waals surface area contributed by atoms with Gasteiger partial charge >= 0.3 is 6.03 Å². The predicted octanol–water partition coefficient (Wildman–Crippen LogP) is 3.72. The van der Waals surface area contributed by atoms with Gasteiger partial charge in [-0.05, 0) is 65.8 Å². The van der Waals surface area contributed by atoms with Crippen LogP contribution in [-0.4, -0.2) is 36.2 Å². The molecule has 0 heterocycles. The number of benzene rings is 1. The average Bonchev–Trinajstić information content (AvgIpc) is 2.44. The van der Waals surface area contributed by atoms with Crippen LogP contribution in [-0.2, 0) is 4.79 Å². The van der Waals surface area contributed by atoms with Crippen LogP contribution in [0, 0.1) is 0 Å². The van der Waals surface area contributed by atoms with E-state index in [1.165, 1.54) is 6.08 Å². The van der Waals surface area contributed by atoms with Gasteiger partial charge in [-0.15, -0.1) is 0 Å². The van der Waals surface area contributed by atoms with E-state index in [4.69, 9.17) is 17.3 Å². The number of nitrogens with one attached hydrogen (secondary N) is 1. The summed E-state index contributed by atoms with van der Waals surface area (Å²) in [6, 6.07) is 6.62. The van der Waals surface area contributed by atoms with Crippen molar-refractivity contribution in [1.82, 2.24) is 5.32 Å². The predicted molar refractivity (Wildman–Crippen MR) is 108 cm³/mol. The lowest BCUT2D eigenvalue weighted by atomic mass is 10.1. The molecule has 0 aliphatic heterocycles. The van der Waals surface area contributed by atoms with Gasteiger partial charge in [-0.1, -0.05) is 11.6 Å². The molecule has 0 spiro atoms. The van der Waals surface area contributed by atoms with Gasteiger partial charge in [-0.3, -0.25) is 0 Å². The number of hydrogen-bond acceptors (Lipinski definition) is 3. The van der Waals surface area contributed by atoms with Crippen LogP contribution >= 0.6 is 11.6 Å². The normalized spacial score (nSPS) is 11.6. The Morgan fingerprint density at radius 1 is 1.15 bits per heavy atom. The third-order valence-electron chi connectivity index (χ3n) is 2.64. The molecular formula is C18H28ClN5O2. The molecule has 0 aliphatic rings. The fourth-order valence-corrected chi connectivity index (χ4v) is 1.59. The molecule has 0 saturated heterocycles. The van der Waals surface area contributed by atoms with Crippen molar-refractivity contribution in [2.24, 2.45) is 15.7 Å². The van der Waals surface area contributed by atoms with Gasteiger partial charge in [-0.25, -0.2) is 14.6 Å². The molecule has 0 unspecified atom stereocenters. The van der Waals surface area contributed by atoms with Crippen molar-refractivity contribution < 1.29 is 9.59 Å². The molecule has 144 valence electrons. The molecule has 26 heavy (non-hydrogen) atoms. The number of amides is 2. The van der Waals surface area contributed by atoms with Gasteiger partial charge in [-0.2, -0.15) is 4.99 Å². The highest BCUT2D eigenvalue weighted by Crippen LogP contribution is 2.16. The van der Waals surface area contributed by atoms with Crippen LogP contribution in [0.3, 0.4) is 0 Å². The smallest absolute Gasteiger partial charge is 0.344 e. The van der Waals surface area contributed by atoms with Gasteiger partial charge in [0, 0.05) is 23.3 Å². The van der Waals surface area contributed by atoms with E-state index in [0.29, 0.717) is 5.02 Å². The SMILES string of the molecule is CC(C)(C)N=C=O.CN(/C(N)=N/C(=O)NC(C)(C)C)c1ccc(Cl)cc1. The van der Waals surface area contributed by atoms with Crippen molar-refractivity contribution >= 4 is 35.4 Å². The zero-order valence-corrected chi connectivity index (χ0v) is 17.2. The van der Waals surface area contributed by atoms with Crippen molar-refractivity contribution in [1.29, 1.82) is 0 Å². The number of carbonyl (C=O) groups is 1. The van der Waals surface area contributed by atoms with Crippen molar-refractivity contribution in [3.05, 3.63) is 29.3 Å². The zero-order chi connectivity index (χ0) is 20.5. The molecule has 7 nitrogen and oxygen atoms in total. The Balaban J connectivity index is 0.000000758. The van der Waals surface area contributed by atoms with E-state index in [-0.39, 0.29) is 17.0 Å². The quantitative estimate of drug-likeness (QED) is 0.439. The second-order valence-corrected chi connectivity index (χ2v) is 8.00. The Hall–Kier alpha value is -2.37. The largest absolute Gasteiger partial charge is 0.369 e. The number of nitrogens with two attached hydrogens (primary N) is 1. The summed E-state index contributed by atoms with van der Waals surface area (Å²) in [4.78, 5) is 30.0. The minimum absolute atomic E-state index is 0.115. The Morgan fingerprint density at radius 3 is 2.00 bits per heavy atom. The maximum atomic E-state index is 11.6. The minimum atomic E-state index is -0.467. The maximum Gasteiger partial charge on any atom is 0.344 e. The monoisotopic (exact) mass is 381 g/mol. The number of anilines is 1. The summed E-state index contributed by atoms with van der Waals surface area (Å²) in [5, 5.41) is 3.35. The van der Waals surface area contributed by atoms with Crippen LogP contribution < -0.4 is 16.0 Å². The van der Waals surface area contributed by atoms with Crippen LogP contribution in [0.25, 0.3) is 0 Å². The highest BCUT2D eigenvalue weighted by Gasteiger charge is 2.14. The summed E-state index contributed by atoms with van der Waals surface area (Å²) in [5.74, 6) is 0.115. The van der Waals surface area contributed by atoms with E-state index in [2.05, 4.69) is 15.3 Å². The first kappa shape index (κ1) is 23.6. The summed E-state index contributed by atoms with van der Waals surface area (Å²) >= 11 is 5.81. The van der Waals surface area contributed by atoms with Crippen molar-refractivity contribution in [2.45, 2.75) is 52.6 Å².